The Balaban J connectivity index is 1.39. The molecule has 0 aliphatic carbocycles. The van der Waals surface area contributed by atoms with Crippen molar-refractivity contribution in [3.05, 3.63) is 58.6 Å². The van der Waals surface area contributed by atoms with Crippen LogP contribution in [0.5, 0.6) is 0 Å². The summed E-state index contributed by atoms with van der Waals surface area (Å²) in [5.74, 6) is 0.792. The van der Waals surface area contributed by atoms with Gasteiger partial charge in [-0.2, -0.15) is 4.31 Å². The number of aryl methyl sites for hydroxylation is 2. The number of aromatic nitrogens is 1. The maximum atomic E-state index is 13.0. The molecule has 1 saturated heterocycles. The molecule has 0 bridgehead atoms. The molecule has 0 radical (unpaired) electrons. The lowest BCUT2D eigenvalue weighted by molar-refractivity contribution is -0.917. The zero-order valence-electron chi connectivity index (χ0n) is 16.0. The van der Waals surface area contributed by atoms with Crippen molar-refractivity contribution in [3.8, 4) is 10.6 Å². The van der Waals surface area contributed by atoms with Gasteiger partial charge in [-0.3, -0.25) is 0 Å². The number of quaternary nitrogens is 1. The Hall–Kier alpha value is -2.00. The summed E-state index contributed by atoms with van der Waals surface area (Å²) in [5, 5.41) is 6.19. The zero-order chi connectivity index (χ0) is 19.7. The van der Waals surface area contributed by atoms with E-state index >= 15 is 0 Å². The van der Waals surface area contributed by atoms with Crippen LogP contribution < -0.4 is 4.90 Å². The normalized spacial score (nSPS) is 16.5. The van der Waals surface area contributed by atoms with Gasteiger partial charge in [-0.1, -0.05) is 28.9 Å². The van der Waals surface area contributed by atoms with E-state index in [2.05, 4.69) is 5.16 Å². The number of thiophene rings is 1. The highest BCUT2D eigenvalue weighted by Gasteiger charge is 2.31. The molecule has 3 heterocycles. The van der Waals surface area contributed by atoms with Gasteiger partial charge in [0, 0.05) is 6.07 Å². The number of rotatable bonds is 5. The second kappa shape index (κ2) is 7.79. The van der Waals surface area contributed by atoms with E-state index in [1.54, 1.807) is 21.7 Å². The molecule has 1 aromatic carbocycles. The van der Waals surface area contributed by atoms with Crippen LogP contribution in [0, 0.1) is 13.8 Å². The Kier molecular flexibility index (Phi) is 5.37. The number of hydrogen-bond donors (Lipinski definition) is 1. The SMILES string of the molecule is Cc1ccc(S(=O)(=O)N2CC[NH+](Cc3cc(-c4cccs4)on3)CC2)c(C)c1. The molecule has 2 aromatic heterocycles. The van der Waals surface area contributed by atoms with Crippen LogP contribution in [0.4, 0.5) is 0 Å². The molecule has 1 fully saturated rings. The molecule has 0 unspecified atom stereocenters. The lowest BCUT2D eigenvalue weighted by Gasteiger charge is -2.31. The Labute approximate surface area is 169 Å². The molecule has 0 saturated carbocycles. The monoisotopic (exact) mass is 418 g/mol. The van der Waals surface area contributed by atoms with Gasteiger partial charge in [0.15, 0.2) is 5.76 Å². The summed E-state index contributed by atoms with van der Waals surface area (Å²) in [6.07, 6.45) is 0. The number of nitrogens with zero attached hydrogens (tertiary/aromatic N) is 2. The van der Waals surface area contributed by atoms with E-state index in [1.165, 1.54) is 4.90 Å². The van der Waals surface area contributed by atoms with Crippen molar-refractivity contribution in [2.45, 2.75) is 25.3 Å². The largest absolute Gasteiger partial charge is 0.355 e. The lowest BCUT2D eigenvalue weighted by atomic mass is 10.2. The molecule has 8 heteroatoms. The second-order valence-electron chi connectivity index (χ2n) is 7.26. The highest BCUT2D eigenvalue weighted by molar-refractivity contribution is 7.89. The smallest absolute Gasteiger partial charge is 0.243 e. The molecule has 3 aromatic rings. The molecule has 1 N–H and O–H groups in total. The number of sulfonamides is 1. The minimum atomic E-state index is -3.44. The fraction of sp³-hybridized carbons (Fsp3) is 0.350. The second-order valence-corrected chi connectivity index (χ2v) is 10.1. The van der Waals surface area contributed by atoms with Crippen molar-refractivity contribution >= 4 is 21.4 Å². The molecule has 148 valence electrons. The van der Waals surface area contributed by atoms with Crippen molar-refractivity contribution in [2.24, 2.45) is 0 Å². The summed E-state index contributed by atoms with van der Waals surface area (Å²) in [6.45, 7) is 7.11. The first-order valence-corrected chi connectivity index (χ1v) is 11.7. The number of nitrogens with one attached hydrogen (secondary N) is 1. The van der Waals surface area contributed by atoms with Crippen molar-refractivity contribution in [3.63, 3.8) is 0 Å². The van der Waals surface area contributed by atoms with E-state index in [1.807, 2.05) is 49.6 Å². The third-order valence-electron chi connectivity index (χ3n) is 5.13. The predicted octanol–water partition coefficient (Wildman–Crippen LogP) is 2.11. The molecule has 1 aliphatic rings. The fourth-order valence-corrected chi connectivity index (χ4v) is 5.95. The molecular formula is C20H24N3O3S2+. The average Bonchev–Trinajstić information content (AvgIpc) is 3.33. The first kappa shape index (κ1) is 19.3. The predicted molar refractivity (Wildman–Crippen MR) is 109 cm³/mol. The van der Waals surface area contributed by atoms with Gasteiger partial charge in [0.1, 0.15) is 12.2 Å². The fourth-order valence-electron chi connectivity index (χ4n) is 3.63. The van der Waals surface area contributed by atoms with Crippen molar-refractivity contribution in [1.29, 1.82) is 0 Å². The van der Waals surface area contributed by atoms with Gasteiger partial charge in [-0.25, -0.2) is 8.42 Å². The van der Waals surface area contributed by atoms with Crippen LogP contribution in [0.2, 0.25) is 0 Å². The summed E-state index contributed by atoms with van der Waals surface area (Å²) in [7, 11) is -3.44. The van der Waals surface area contributed by atoms with Gasteiger partial charge in [-0.15, -0.1) is 11.3 Å². The van der Waals surface area contributed by atoms with Gasteiger partial charge in [0.25, 0.3) is 0 Å². The van der Waals surface area contributed by atoms with Crippen molar-refractivity contribution in [2.75, 3.05) is 26.2 Å². The third-order valence-corrected chi connectivity index (χ3v) is 8.08. The molecule has 4 rings (SSSR count). The average molecular weight is 419 g/mol. The molecule has 28 heavy (non-hydrogen) atoms. The van der Waals surface area contributed by atoms with Crippen molar-refractivity contribution < 1.29 is 17.8 Å². The first-order chi connectivity index (χ1) is 13.4. The first-order valence-electron chi connectivity index (χ1n) is 9.34. The quantitative estimate of drug-likeness (QED) is 0.689. The molecule has 0 spiro atoms. The molecule has 6 nitrogen and oxygen atoms in total. The maximum absolute atomic E-state index is 13.0. The topological polar surface area (TPSA) is 67.8 Å². The standard InChI is InChI=1S/C20H23N3O3S2/c1-15-5-6-20(16(2)12-15)28(24,25)23-9-7-22(8-10-23)14-17-13-18(26-21-17)19-4-3-11-27-19/h3-6,11-13H,7-10,14H2,1-2H3/p+1. The molecule has 0 amide bonds. The molecule has 0 atom stereocenters. The lowest BCUT2D eigenvalue weighted by Crippen LogP contribution is -3.13. The van der Waals surface area contributed by atoms with Crippen LogP contribution >= 0.6 is 11.3 Å². The third kappa shape index (κ3) is 3.91. The maximum Gasteiger partial charge on any atom is 0.243 e. The minimum absolute atomic E-state index is 0.415. The van der Waals surface area contributed by atoms with Gasteiger partial charge >= 0.3 is 0 Å². The van der Waals surface area contributed by atoms with Crippen LogP contribution in [0.1, 0.15) is 16.8 Å². The van der Waals surface area contributed by atoms with Crippen LogP contribution in [0.15, 0.2) is 51.2 Å². The van der Waals surface area contributed by atoms with Crippen LogP contribution in [0.25, 0.3) is 10.6 Å². The van der Waals surface area contributed by atoms with Crippen LogP contribution in [0.3, 0.4) is 0 Å². The highest BCUT2D eigenvalue weighted by Crippen LogP contribution is 2.25. The van der Waals surface area contributed by atoms with Gasteiger partial charge in [0.05, 0.1) is 36.0 Å². The number of piperazine rings is 1. The van der Waals surface area contributed by atoms with Crippen LogP contribution in [-0.2, 0) is 16.6 Å². The summed E-state index contributed by atoms with van der Waals surface area (Å²) in [6, 6.07) is 11.5. The minimum Gasteiger partial charge on any atom is -0.355 e. The zero-order valence-corrected chi connectivity index (χ0v) is 17.6. The van der Waals surface area contributed by atoms with E-state index in [4.69, 9.17) is 4.52 Å². The van der Waals surface area contributed by atoms with Crippen molar-refractivity contribution in [1.82, 2.24) is 9.46 Å². The van der Waals surface area contributed by atoms with E-state index in [0.29, 0.717) is 18.0 Å². The van der Waals surface area contributed by atoms with Gasteiger partial charge in [0.2, 0.25) is 10.0 Å². The summed E-state index contributed by atoms with van der Waals surface area (Å²) in [4.78, 5) is 2.80. The highest BCUT2D eigenvalue weighted by atomic mass is 32.2. The van der Waals surface area contributed by atoms with Gasteiger partial charge < -0.3 is 9.42 Å². The Bertz CT molecular complexity index is 1050. The summed E-state index contributed by atoms with van der Waals surface area (Å²) < 4.78 is 33.1. The Morgan fingerprint density at radius 3 is 2.64 bits per heavy atom. The Morgan fingerprint density at radius 1 is 1.18 bits per heavy atom. The van der Waals surface area contributed by atoms with E-state index < -0.39 is 10.0 Å². The van der Waals surface area contributed by atoms with E-state index in [9.17, 15) is 8.42 Å². The number of hydrogen-bond acceptors (Lipinski definition) is 5. The Morgan fingerprint density at radius 2 is 1.96 bits per heavy atom. The number of benzene rings is 1. The van der Waals surface area contributed by atoms with Crippen LogP contribution in [-0.4, -0.2) is 44.1 Å². The summed E-state index contributed by atoms with van der Waals surface area (Å²) >= 11 is 1.62. The van der Waals surface area contributed by atoms with E-state index in [0.717, 1.165) is 47.1 Å². The van der Waals surface area contributed by atoms with Gasteiger partial charge in [-0.05, 0) is 36.9 Å². The molecule has 1 aliphatic heterocycles. The molecular weight excluding hydrogens is 394 g/mol. The summed E-state index contributed by atoms with van der Waals surface area (Å²) in [5.41, 5.74) is 2.78. The van der Waals surface area contributed by atoms with E-state index in [-0.39, 0.29) is 0 Å².